The van der Waals surface area contributed by atoms with Crippen LogP contribution in [0.3, 0.4) is 0 Å². The summed E-state index contributed by atoms with van der Waals surface area (Å²) in [6, 6.07) is 6.85. The van der Waals surface area contributed by atoms with Crippen LogP contribution in [0.2, 0.25) is 0 Å². The summed E-state index contributed by atoms with van der Waals surface area (Å²) in [5, 5.41) is 3.07. The lowest BCUT2D eigenvalue weighted by atomic mass is 10.2. The van der Waals surface area contributed by atoms with Gasteiger partial charge in [0.25, 0.3) is 0 Å². The molecule has 1 aromatic rings. The van der Waals surface area contributed by atoms with Crippen molar-refractivity contribution >= 4 is 5.69 Å². The van der Waals surface area contributed by atoms with Crippen LogP contribution >= 0.6 is 0 Å². The average Bonchev–Trinajstić information content (AvgIpc) is 2.18. The molecule has 0 saturated carbocycles. The van der Waals surface area contributed by atoms with Crippen LogP contribution in [0.15, 0.2) is 24.3 Å². The van der Waals surface area contributed by atoms with Crippen molar-refractivity contribution in [2.75, 3.05) is 32.1 Å². The molecule has 0 aliphatic heterocycles. The Hall–Kier alpha value is -1.09. The highest BCUT2D eigenvalue weighted by atomic mass is 19.1. The first kappa shape index (κ1) is 11.0. The van der Waals surface area contributed by atoms with Gasteiger partial charge in [-0.15, -0.1) is 0 Å². The Kier molecular flexibility index (Phi) is 4.40. The fourth-order valence-electron chi connectivity index (χ4n) is 1.37. The number of para-hydroxylation sites is 1. The molecule has 0 heterocycles. The SMILES string of the molecule is CNCCCN(C)c1ccccc1F. The van der Waals surface area contributed by atoms with Crippen molar-refractivity contribution in [3.05, 3.63) is 30.1 Å². The molecule has 1 N–H and O–H groups in total. The van der Waals surface area contributed by atoms with Gasteiger partial charge in [0.1, 0.15) is 5.82 Å². The molecule has 1 aromatic carbocycles. The molecule has 3 heteroatoms. The summed E-state index contributed by atoms with van der Waals surface area (Å²) < 4.78 is 13.3. The Labute approximate surface area is 84.7 Å². The van der Waals surface area contributed by atoms with Crippen molar-refractivity contribution in [3.63, 3.8) is 0 Å². The zero-order chi connectivity index (χ0) is 10.4. The fraction of sp³-hybridized carbons (Fsp3) is 0.455. The fourth-order valence-corrected chi connectivity index (χ4v) is 1.37. The standard InChI is InChI=1S/C11H17FN2/c1-13-8-5-9-14(2)11-7-4-3-6-10(11)12/h3-4,6-7,13H,5,8-9H2,1-2H3. The molecule has 0 aliphatic rings. The van der Waals surface area contributed by atoms with Crippen LogP contribution in [-0.4, -0.2) is 27.2 Å². The summed E-state index contributed by atoms with van der Waals surface area (Å²) in [5.74, 6) is -0.153. The molecule has 78 valence electrons. The largest absolute Gasteiger partial charge is 0.372 e. The van der Waals surface area contributed by atoms with Gasteiger partial charge in [-0.3, -0.25) is 0 Å². The van der Waals surface area contributed by atoms with Crippen LogP contribution < -0.4 is 10.2 Å². The van der Waals surface area contributed by atoms with Crippen molar-refractivity contribution in [2.24, 2.45) is 0 Å². The second kappa shape index (κ2) is 5.60. The first-order chi connectivity index (χ1) is 6.75. The molecular weight excluding hydrogens is 179 g/mol. The molecule has 1 rings (SSSR count). The average molecular weight is 196 g/mol. The maximum atomic E-state index is 13.3. The molecule has 0 spiro atoms. The predicted molar refractivity (Wildman–Crippen MR) is 58.2 cm³/mol. The Morgan fingerprint density at radius 2 is 2.07 bits per heavy atom. The van der Waals surface area contributed by atoms with E-state index in [2.05, 4.69) is 5.32 Å². The van der Waals surface area contributed by atoms with E-state index >= 15 is 0 Å². The Bertz CT molecular complexity index is 276. The normalized spacial score (nSPS) is 10.2. The predicted octanol–water partition coefficient (Wildman–Crippen LogP) is 1.87. The number of nitrogens with one attached hydrogen (secondary N) is 1. The maximum absolute atomic E-state index is 13.3. The van der Waals surface area contributed by atoms with Crippen LogP contribution in [0.25, 0.3) is 0 Å². The van der Waals surface area contributed by atoms with Crippen LogP contribution in [0.4, 0.5) is 10.1 Å². The minimum Gasteiger partial charge on any atom is -0.372 e. The number of halogens is 1. The molecule has 0 saturated heterocycles. The highest BCUT2D eigenvalue weighted by Gasteiger charge is 2.04. The van der Waals surface area contributed by atoms with E-state index in [9.17, 15) is 4.39 Å². The molecule has 0 bridgehead atoms. The van der Waals surface area contributed by atoms with Gasteiger partial charge in [-0.2, -0.15) is 0 Å². The van der Waals surface area contributed by atoms with Gasteiger partial charge in [-0.25, -0.2) is 4.39 Å². The van der Waals surface area contributed by atoms with Crippen molar-refractivity contribution in [1.82, 2.24) is 5.32 Å². The number of anilines is 1. The van der Waals surface area contributed by atoms with Crippen LogP contribution in [0.1, 0.15) is 6.42 Å². The summed E-state index contributed by atoms with van der Waals surface area (Å²) in [5.41, 5.74) is 0.670. The molecular formula is C11H17FN2. The second-order valence-electron chi connectivity index (χ2n) is 3.33. The van der Waals surface area contributed by atoms with Gasteiger partial charge in [0.2, 0.25) is 0 Å². The van der Waals surface area contributed by atoms with E-state index in [-0.39, 0.29) is 5.82 Å². The maximum Gasteiger partial charge on any atom is 0.146 e. The topological polar surface area (TPSA) is 15.3 Å². The Morgan fingerprint density at radius 1 is 1.36 bits per heavy atom. The van der Waals surface area contributed by atoms with Gasteiger partial charge in [-0.1, -0.05) is 12.1 Å². The lowest BCUT2D eigenvalue weighted by Crippen LogP contribution is -2.22. The smallest absolute Gasteiger partial charge is 0.146 e. The zero-order valence-electron chi connectivity index (χ0n) is 8.76. The quantitative estimate of drug-likeness (QED) is 0.723. The molecule has 0 atom stereocenters. The summed E-state index contributed by atoms with van der Waals surface area (Å²) in [6.45, 7) is 1.82. The minimum absolute atomic E-state index is 0.153. The van der Waals surface area contributed by atoms with Gasteiger partial charge in [0.05, 0.1) is 5.69 Å². The highest BCUT2D eigenvalue weighted by molar-refractivity contribution is 5.46. The van der Waals surface area contributed by atoms with Gasteiger partial charge < -0.3 is 10.2 Å². The second-order valence-corrected chi connectivity index (χ2v) is 3.33. The monoisotopic (exact) mass is 196 g/mol. The third-order valence-corrected chi connectivity index (χ3v) is 2.18. The van der Waals surface area contributed by atoms with E-state index in [1.54, 1.807) is 12.1 Å². The summed E-state index contributed by atoms with van der Waals surface area (Å²) in [7, 11) is 3.83. The third kappa shape index (κ3) is 3.00. The van der Waals surface area contributed by atoms with Crippen molar-refractivity contribution < 1.29 is 4.39 Å². The summed E-state index contributed by atoms with van der Waals surface area (Å²) >= 11 is 0. The Balaban J connectivity index is 2.51. The van der Waals surface area contributed by atoms with Crippen LogP contribution in [0, 0.1) is 5.82 Å². The lowest BCUT2D eigenvalue weighted by molar-refractivity contribution is 0.618. The van der Waals surface area contributed by atoms with E-state index in [0.29, 0.717) is 5.69 Å². The van der Waals surface area contributed by atoms with Crippen molar-refractivity contribution in [3.8, 4) is 0 Å². The number of rotatable bonds is 5. The molecule has 0 fully saturated rings. The molecule has 14 heavy (non-hydrogen) atoms. The highest BCUT2D eigenvalue weighted by Crippen LogP contribution is 2.16. The number of benzene rings is 1. The van der Waals surface area contributed by atoms with Gasteiger partial charge in [0, 0.05) is 13.6 Å². The molecule has 2 nitrogen and oxygen atoms in total. The van der Waals surface area contributed by atoms with Gasteiger partial charge in [-0.05, 0) is 32.1 Å². The molecule has 0 aliphatic carbocycles. The first-order valence-corrected chi connectivity index (χ1v) is 4.86. The molecule has 0 unspecified atom stereocenters. The molecule has 0 radical (unpaired) electrons. The summed E-state index contributed by atoms with van der Waals surface area (Å²) in [6.07, 6.45) is 1.02. The van der Waals surface area contributed by atoms with E-state index in [1.807, 2.05) is 25.1 Å². The van der Waals surface area contributed by atoms with Crippen molar-refractivity contribution in [2.45, 2.75) is 6.42 Å². The van der Waals surface area contributed by atoms with E-state index < -0.39 is 0 Å². The van der Waals surface area contributed by atoms with Crippen LogP contribution in [-0.2, 0) is 0 Å². The molecule has 0 amide bonds. The lowest BCUT2D eigenvalue weighted by Gasteiger charge is -2.19. The number of nitrogens with zero attached hydrogens (tertiary/aromatic N) is 1. The van der Waals surface area contributed by atoms with E-state index in [4.69, 9.17) is 0 Å². The van der Waals surface area contributed by atoms with Gasteiger partial charge in [0.15, 0.2) is 0 Å². The third-order valence-electron chi connectivity index (χ3n) is 2.18. The Morgan fingerprint density at radius 3 is 2.71 bits per heavy atom. The molecule has 0 aromatic heterocycles. The van der Waals surface area contributed by atoms with E-state index in [1.165, 1.54) is 6.07 Å². The van der Waals surface area contributed by atoms with Gasteiger partial charge >= 0.3 is 0 Å². The van der Waals surface area contributed by atoms with Crippen LogP contribution in [0.5, 0.6) is 0 Å². The minimum atomic E-state index is -0.153. The number of hydrogen-bond donors (Lipinski definition) is 1. The van der Waals surface area contributed by atoms with Crippen molar-refractivity contribution in [1.29, 1.82) is 0 Å². The zero-order valence-corrected chi connectivity index (χ0v) is 8.76. The number of hydrogen-bond acceptors (Lipinski definition) is 2. The van der Waals surface area contributed by atoms with E-state index in [0.717, 1.165) is 19.5 Å². The first-order valence-electron chi connectivity index (χ1n) is 4.86. The summed E-state index contributed by atoms with van der Waals surface area (Å²) in [4.78, 5) is 1.94.